The molecular formula is C25H24N2O6S. The molecule has 0 amide bonds. The summed E-state index contributed by atoms with van der Waals surface area (Å²) in [6.45, 7) is 4.53. The number of esters is 1. The summed E-state index contributed by atoms with van der Waals surface area (Å²) in [5.41, 5.74) is 3.32. The molecule has 0 spiro atoms. The lowest BCUT2D eigenvalue weighted by molar-refractivity contribution is 0.0473. The van der Waals surface area contributed by atoms with Crippen molar-refractivity contribution in [1.29, 1.82) is 0 Å². The second-order valence-electron chi connectivity index (χ2n) is 8.16. The lowest BCUT2D eigenvalue weighted by Crippen LogP contribution is -2.29. The Hall–Kier alpha value is -3.72. The highest BCUT2D eigenvalue weighted by atomic mass is 32.2. The number of fused-ring (bicyclic) bond motifs is 1. The lowest BCUT2D eigenvalue weighted by Gasteiger charge is -2.19. The molecule has 1 aliphatic rings. The molecule has 1 aliphatic heterocycles. The molecule has 34 heavy (non-hydrogen) atoms. The summed E-state index contributed by atoms with van der Waals surface area (Å²) < 4.78 is 33.0. The molecular weight excluding hydrogens is 456 g/mol. The summed E-state index contributed by atoms with van der Waals surface area (Å²) in [7, 11) is -3.88. The Morgan fingerprint density at radius 1 is 1.06 bits per heavy atom. The van der Waals surface area contributed by atoms with Crippen molar-refractivity contribution >= 4 is 33.2 Å². The number of sulfonamides is 1. The molecule has 9 heteroatoms. The number of aryl methyl sites for hydroxylation is 1. The first-order valence-corrected chi connectivity index (χ1v) is 12.2. The van der Waals surface area contributed by atoms with Crippen molar-refractivity contribution in [2.45, 2.75) is 32.1 Å². The molecule has 4 rings (SSSR count). The predicted molar refractivity (Wildman–Crippen MR) is 126 cm³/mol. The Bertz CT molecular complexity index is 1420. The number of aromatic nitrogens is 1. The highest BCUT2D eigenvalue weighted by Crippen LogP contribution is 2.32. The lowest BCUT2D eigenvalue weighted by atomic mass is 10.1. The average molecular weight is 481 g/mol. The molecule has 0 saturated carbocycles. The fourth-order valence-corrected chi connectivity index (χ4v) is 5.86. The highest BCUT2D eigenvalue weighted by Gasteiger charge is 2.31. The molecule has 0 aliphatic carbocycles. The first-order chi connectivity index (χ1) is 16.1. The number of carbonyl (C=O) groups excluding carboxylic acids is 3. The van der Waals surface area contributed by atoms with E-state index in [0.717, 1.165) is 5.56 Å². The average Bonchev–Trinajstić information content (AvgIpc) is 3.38. The van der Waals surface area contributed by atoms with Gasteiger partial charge in [-0.05, 0) is 62.6 Å². The van der Waals surface area contributed by atoms with E-state index in [-0.39, 0.29) is 21.9 Å². The minimum absolute atomic E-state index is 0.0187. The molecule has 0 fully saturated rings. The standard InChI is InChI=1S/C25H24N2O6S/c1-15-23(17(3)28)16(2)26-24(15)22(29)14-33-25(30)19-8-6-9-20(13-19)34(31,32)27-12-11-18-7-4-5-10-21(18)27/h4-10,13,26H,11-12,14H2,1-3H3. The van der Waals surface area contributed by atoms with Crippen molar-refractivity contribution < 1.29 is 27.5 Å². The smallest absolute Gasteiger partial charge is 0.338 e. The van der Waals surface area contributed by atoms with E-state index < -0.39 is 28.4 Å². The second kappa shape index (κ2) is 8.90. The van der Waals surface area contributed by atoms with Crippen LogP contribution in [-0.2, 0) is 21.2 Å². The fraction of sp³-hybridized carbons (Fsp3) is 0.240. The van der Waals surface area contributed by atoms with Crippen LogP contribution in [0.2, 0.25) is 0 Å². The van der Waals surface area contributed by atoms with E-state index in [4.69, 9.17) is 4.74 Å². The van der Waals surface area contributed by atoms with Crippen LogP contribution in [0.5, 0.6) is 0 Å². The molecule has 176 valence electrons. The molecule has 0 bridgehead atoms. The topological polar surface area (TPSA) is 114 Å². The van der Waals surface area contributed by atoms with Crippen LogP contribution in [0.1, 0.15) is 54.9 Å². The molecule has 1 aromatic heterocycles. The van der Waals surface area contributed by atoms with Crippen molar-refractivity contribution in [3.63, 3.8) is 0 Å². The van der Waals surface area contributed by atoms with Crippen molar-refractivity contribution in [3.8, 4) is 0 Å². The van der Waals surface area contributed by atoms with Gasteiger partial charge >= 0.3 is 5.97 Å². The van der Waals surface area contributed by atoms with Crippen molar-refractivity contribution in [3.05, 3.63) is 82.2 Å². The van der Waals surface area contributed by atoms with E-state index in [0.29, 0.717) is 35.5 Å². The summed E-state index contributed by atoms with van der Waals surface area (Å²) in [6.07, 6.45) is 0.613. The Labute approximate surface area is 197 Å². The van der Waals surface area contributed by atoms with Crippen molar-refractivity contribution in [2.75, 3.05) is 17.5 Å². The van der Waals surface area contributed by atoms with Crippen LogP contribution < -0.4 is 4.31 Å². The Morgan fingerprint density at radius 3 is 2.50 bits per heavy atom. The number of nitrogens with zero attached hydrogens (tertiary/aromatic N) is 1. The molecule has 0 atom stereocenters. The van der Waals surface area contributed by atoms with Gasteiger partial charge in [-0.15, -0.1) is 0 Å². The summed E-state index contributed by atoms with van der Waals surface area (Å²) in [5, 5.41) is 0. The SMILES string of the molecule is CC(=O)c1c(C)[nH]c(C(=O)COC(=O)c2cccc(S(=O)(=O)N3CCc4ccccc43)c2)c1C. The molecule has 2 heterocycles. The van der Waals surface area contributed by atoms with Gasteiger partial charge in [-0.25, -0.2) is 13.2 Å². The van der Waals surface area contributed by atoms with Crippen molar-refractivity contribution in [2.24, 2.45) is 0 Å². The first-order valence-electron chi connectivity index (χ1n) is 10.7. The minimum atomic E-state index is -3.88. The quantitative estimate of drug-likeness (QED) is 0.408. The summed E-state index contributed by atoms with van der Waals surface area (Å²) in [6, 6.07) is 12.9. The van der Waals surface area contributed by atoms with Crippen LogP contribution in [0.25, 0.3) is 0 Å². The van der Waals surface area contributed by atoms with Gasteiger partial charge in [-0.1, -0.05) is 24.3 Å². The van der Waals surface area contributed by atoms with Crippen LogP contribution in [-0.4, -0.2) is 44.1 Å². The number of hydrogen-bond donors (Lipinski definition) is 1. The van der Waals surface area contributed by atoms with Gasteiger partial charge in [-0.2, -0.15) is 0 Å². The zero-order valence-corrected chi connectivity index (χ0v) is 19.9. The Balaban J connectivity index is 1.50. The highest BCUT2D eigenvalue weighted by molar-refractivity contribution is 7.92. The van der Waals surface area contributed by atoms with Gasteiger partial charge in [0.05, 0.1) is 21.8 Å². The Kier molecular flexibility index (Phi) is 6.14. The van der Waals surface area contributed by atoms with Gasteiger partial charge in [0.25, 0.3) is 10.0 Å². The fourth-order valence-electron chi connectivity index (χ4n) is 4.31. The van der Waals surface area contributed by atoms with E-state index in [2.05, 4.69) is 4.98 Å². The van der Waals surface area contributed by atoms with Gasteiger partial charge in [0.15, 0.2) is 12.4 Å². The van der Waals surface area contributed by atoms with Crippen LogP contribution in [0.15, 0.2) is 53.4 Å². The number of benzene rings is 2. The number of nitrogens with one attached hydrogen (secondary N) is 1. The number of aromatic amines is 1. The van der Waals surface area contributed by atoms with E-state index in [1.807, 2.05) is 12.1 Å². The molecule has 8 nitrogen and oxygen atoms in total. The number of Topliss-reactive ketones (excluding diaryl/α,β-unsaturated/α-hetero) is 2. The maximum atomic E-state index is 13.2. The number of anilines is 1. The number of rotatable bonds is 7. The zero-order chi connectivity index (χ0) is 24.6. The van der Waals surface area contributed by atoms with E-state index in [1.54, 1.807) is 26.0 Å². The van der Waals surface area contributed by atoms with Crippen molar-refractivity contribution in [1.82, 2.24) is 4.98 Å². The third-order valence-corrected chi connectivity index (χ3v) is 7.71. The molecule has 0 saturated heterocycles. The normalized spacial score (nSPS) is 13.0. The number of H-pyrrole nitrogens is 1. The first kappa shape index (κ1) is 23.4. The number of ether oxygens (including phenoxy) is 1. The minimum Gasteiger partial charge on any atom is -0.454 e. The van der Waals surface area contributed by atoms with Gasteiger partial charge in [0, 0.05) is 17.8 Å². The third-order valence-electron chi connectivity index (χ3n) is 5.91. The summed E-state index contributed by atoms with van der Waals surface area (Å²) >= 11 is 0. The predicted octanol–water partition coefficient (Wildman–Crippen LogP) is 3.63. The summed E-state index contributed by atoms with van der Waals surface area (Å²) in [4.78, 5) is 39.8. The maximum absolute atomic E-state index is 13.2. The number of carbonyl (C=O) groups is 3. The number of hydrogen-bond acceptors (Lipinski definition) is 6. The summed E-state index contributed by atoms with van der Waals surface area (Å²) in [5.74, 6) is -1.47. The molecule has 0 unspecified atom stereocenters. The molecule has 0 radical (unpaired) electrons. The molecule has 2 aromatic carbocycles. The van der Waals surface area contributed by atoms with Gasteiger partial charge in [-0.3, -0.25) is 13.9 Å². The monoisotopic (exact) mass is 480 g/mol. The zero-order valence-electron chi connectivity index (χ0n) is 19.0. The van der Waals surface area contributed by atoms with E-state index >= 15 is 0 Å². The van der Waals surface area contributed by atoms with Gasteiger partial charge in [0.2, 0.25) is 5.78 Å². The molecule has 3 aromatic rings. The maximum Gasteiger partial charge on any atom is 0.338 e. The van der Waals surface area contributed by atoms with Crippen LogP contribution >= 0.6 is 0 Å². The third kappa shape index (κ3) is 4.14. The Morgan fingerprint density at radius 2 is 1.79 bits per heavy atom. The van der Waals surface area contributed by atoms with E-state index in [1.165, 1.54) is 35.5 Å². The van der Waals surface area contributed by atoms with Crippen LogP contribution in [0.3, 0.4) is 0 Å². The number of para-hydroxylation sites is 1. The largest absolute Gasteiger partial charge is 0.454 e. The van der Waals surface area contributed by atoms with E-state index in [9.17, 15) is 22.8 Å². The van der Waals surface area contributed by atoms with Crippen LogP contribution in [0.4, 0.5) is 5.69 Å². The van der Waals surface area contributed by atoms with Gasteiger partial charge in [0.1, 0.15) is 0 Å². The number of ketones is 2. The van der Waals surface area contributed by atoms with Crippen LogP contribution in [0, 0.1) is 13.8 Å². The molecule has 1 N–H and O–H groups in total. The second-order valence-corrected chi connectivity index (χ2v) is 10.0. The van der Waals surface area contributed by atoms with Gasteiger partial charge < -0.3 is 9.72 Å².